The number of aliphatic carboxylic acids is 1. The molecule has 2 bridgehead atoms. The highest BCUT2D eigenvalue weighted by molar-refractivity contribution is 7.99. The van der Waals surface area contributed by atoms with Crippen molar-refractivity contribution < 1.29 is 29.1 Å². The molecule has 5 rings (SSSR count). The Hall–Kier alpha value is -0.340. The summed E-state index contributed by atoms with van der Waals surface area (Å²) in [5, 5.41) is 8.91. The van der Waals surface area contributed by atoms with E-state index in [4.69, 9.17) is 24.4 Å². The predicted octanol–water partition coefficient (Wildman–Crippen LogP) is 3.40. The van der Waals surface area contributed by atoms with Crippen molar-refractivity contribution in [3.05, 3.63) is 0 Å². The summed E-state index contributed by atoms with van der Waals surface area (Å²) in [5.41, 5.74) is -0.600. The van der Waals surface area contributed by atoms with Gasteiger partial charge < -0.3 is 14.6 Å². The first-order chi connectivity index (χ1) is 11.9. The Kier molecular flexibility index (Phi) is 4.60. The molecule has 1 aliphatic carbocycles. The molecule has 142 valence electrons. The van der Waals surface area contributed by atoms with Gasteiger partial charge in [-0.15, -0.1) is 11.8 Å². The minimum atomic E-state index is -0.770. The summed E-state index contributed by atoms with van der Waals surface area (Å²) in [4.78, 5) is 22.7. The molecule has 5 aliphatic rings. The second kappa shape index (κ2) is 6.37. The zero-order valence-electron chi connectivity index (χ0n) is 15.1. The van der Waals surface area contributed by atoms with Crippen molar-refractivity contribution in [2.75, 3.05) is 5.75 Å². The first kappa shape index (κ1) is 18.0. The largest absolute Gasteiger partial charge is 0.481 e. The van der Waals surface area contributed by atoms with Gasteiger partial charge in [-0.25, -0.2) is 9.78 Å². The van der Waals surface area contributed by atoms with Crippen molar-refractivity contribution in [2.45, 2.75) is 76.0 Å². The van der Waals surface area contributed by atoms with E-state index in [0.717, 1.165) is 19.3 Å². The second-order valence-corrected chi connectivity index (χ2v) is 9.49. The van der Waals surface area contributed by atoms with E-state index in [-0.39, 0.29) is 17.8 Å². The van der Waals surface area contributed by atoms with Gasteiger partial charge >= 0.3 is 5.97 Å². The van der Waals surface area contributed by atoms with Crippen LogP contribution in [-0.4, -0.2) is 39.9 Å². The normalized spacial score (nSPS) is 51.6. The van der Waals surface area contributed by atoms with Gasteiger partial charge in [0.25, 0.3) is 0 Å². The Balaban J connectivity index is 1.62. The monoisotopic (exact) mass is 372 g/mol. The average molecular weight is 372 g/mol. The molecule has 5 fully saturated rings. The fraction of sp³-hybridized carbons (Fsp3) is 0.944. The van der Waals surface area contributed by atoms with Gasteiger partial charge in [0.05, 0.1) is 6.42 Å². The molecule has 7 heteroatoms. The highest BCUT2D eigenvalue weighted by Crippen LogP contribution is 2.61. The molecule has 8 atom stereocenters. The molecule has 0 aromatic heterocycles. The number of hydrogen-bond acceptors (Lipinski definition) is 6. The van der Waals surface area contributed by atoms with Gasteiger partial charge in [-0.2, -0.15) is 0 Å². The van der Waals surface area contributed by atoms with E-state index in [1.54, 1.807) is 11.8 Å². The van der Waals surface area contributed by atoms with Gasteiger partial charge in [0.15, 0.2) is 11.9 Å². The molecule has 6 nitrogen and oxygen atoms in total. The molecule has 4 saturated heterocycles. The molecule has 25 heavy (non-hydrogen) atoms. The molecule has 4 heterocycles. The fourth-order valence-corrected chi connectivity index (χ4v) is 6.52. The molecule has 4 aliphatic heterocycles. The first-order valence-corrected chi connectivity index (χ1v) is 10.4. The van der Waals surface area contributed by atoms with Crippen LogP contribution >= 0.6 is 11.8 Å². The van der Waals surface area contributed by atoms with E-state index < -0.39 is 23.6 Å². The molecule has 0 amide bonds. The molecule has 1 saturated carbocycles. The highest BCUT2D eigenvalue weighted by atomic mass is 32.2. The highest BCUT2D eigenvalue weighted by Gasteiger charge is 2.69. The lowest BCUT2D eigenvalue weighted by molar-refractivity contribution is -0.568. The quantitative estimate of drug-likeness (QED) is 0.758. The first-order valence-electron chi connectivity index (χ1n) is 9.39. The van der Waals surface area contributed by atoms with E-state index in [9.17, 15) is 4.79 Å². The zero-order valence-corrected chi connectivity index (χ0v) is 15.9. The molecule has 1 unspecified atom stereocenters. The Morgan fingerprint density at radius 3 is 2.76 bits per heavy atom. The molecule has 0 radical (unpaired) electrons. The number of rotatable bonds is 4. The van der Waals surface area contributed by atoms with Crippen molar-refractivity contribution in [1.82, 2.24) is 0 Å². The lowest BCUT2D eigenvalue weighted by Crippen LogP contribution is -2.70. The van der Waals surface area contributed by atoms with Gasteiger partial charge in [0, 0.05) is 18.1 Å². The molecule has 1 N–H and O–H groups in total. The van der Waals surface area contributed by atoms with Crippen LogP contribution in [0.25, 0.3) is 0 Å². The summed E-state index contributed by atoms with van der Waals surface area (Å²) in [7, 11) is 0. The topological polar surface area (TPSA) is 74.2 Å². The third-order valence-corrected chi connectivity index (χ3v) is 8.00. The number of ether oxygens (including phenoxy) is 2. The van der Waals surface area contributed by atoms with Crippen LogP contribution in [-0.2, 0) is 24.0 Å². The summed E-state index contributed by atoms with van der Waals surface area (Å²) in [5.74, 6) is 0.510. The SMILES string of the molecule is C[C@H]1[C@H](SCCC(=O)O)O[C@@H]2OC3(C)CC[C@H]4[C@H](C)CC[C@@H]1[C@@]24OO3. The second-order valence-electron chi connectivity index (χ2n) is 8.29. The van der Waals surface area contributed by atoms with E-state index in [2.05, 4.69) is 13.8 Å². The molecular formula is C18H28O6S. The van der Waals surface area contributed by atoms with Gasteiger partial charge in [-0.3, -0.25) is 4.79 Å². The van der Waals surface area contributed by atoms with E-state index in [1.807, 2.05) is 6.92 Å². The van der Waals surface area contributed by atoms with Crippen molar-refractivity contribution in [3.8, 4) is 0 Å². The van der Waals surface area contributed by atoms with Gasteiger partial charge in [-0.1, -0.05) is 13.8 Å². The van der Waals surface area contributed by atoms with Crippen LogP contribution in [0.1, 0.15) is 52.9 Å². The van der Waals surface area contributed by atoms with E-state index in [1.165, 1.54) is 6.42 Å². The van der Waals surface area contributed by atoms with Crippen molar-refractivity contribution in [3.63, 3.8) is 0 Å². The average Bonchev–Trinajstić information content (AvgIpc) is 2.78. The number of thioether (sulfide) groups is 1. The number of carboxylic acid groups (broad SMARTS) is 1. The Morgan fingerprint density at radius 1 is 1.20 bits per heavy atom. The van der Waals surface area contributed by atoms with Crippen LogP contribution in [0, 0.1) is 23.7 Å². The number of carboxylic acids is 1. The van der Waals surface area contributed by atoms with Crippen LogP contribution in [0.15, 0.2) is 0 Å². The standard InChI is InChI=1S/C18H28O6S/c1-10-4-5-13-11(2)15(25-9-7-14(19)20)21-16-18(13)12(10)6-8-17(3,22-16)23-24-18/h10-13,15-16H,4-9H2,1-3H3,(H,19,20)/t10-,11-,12+,13+,15+,16-,17?,18-/m1/s1. The predicted molar refractivity (Wildman–Crippen MR) is 91.5 cm³/mol. The van der Waals surface area contributed by atoms with Crippen LogP contribution < -0.4 is 0 Å². The number of carbonyl (C=O) groups is 1. The lowest BCUT2D eigenvalue weighted by atomic mass is 9.58. The lowest BCUT2D eigenvalue weighted by Gasteiger charge is -2.60. The van der Waals surface area contributed by atoms with E-state index in [0.29, 0.717) is 23.5 Å². The third kappa shape index (κ3) is 2.83. The molecular weight excluding hydrogens is 344 g/mol. The minimum Gasteiger partial charge on any atom is -0.481 e. The fourth-order valence-electron chi connectivity index (χ4n) is 5.32. The number of fused-ring (bicyclic) bond motifs is 2. The molecule has 0 aromatic rings. The Labute approximate surface area is 152 Å². The van der Waals surface area contributed by atoms with Crippen LogP contribution in [0.3, 0.4) is 0 Å². The summed E-state index contributed by atoms with van der Waals surface area (Å²) in [6.45, 7) is 6.42. The maximum absolute atomic E-state index is 10.8. The van der Waals surface area contributed by atoms with Crippen LogP contribution in [0.2, 0.25) is 0 Å². The Bertz CT molecular complexity index is 544. The maximum atomic E-state index is 10.8. The van der Waals surface area contributed by atoms with Gasteiger partial charge in [-0.05, 0) is 43.9 Å². The van der Waals surface area contributed by atoms with Crippen molar-refractivity contribution in [1.29, 1.82) is 0 Å². The minimum absolute atomic E-state index is 0.0689. The van der Waals surface area contributed by atoms with Crippen LogP contribution in [0.4, 0.5) is 0 Å². The van der Waals surface area contributed by atoms with Crippen molar-refractivity contribution >= 4 is 17.7 Å². The molecule has 1 spiro atoms. The Morgan fingerprint density at radius 2 is 2.00 bits per heavy atom. The van der Waals surface area contributed by atoms with Gasteiger partial charge in [0.1, 0.15) is 5.44 Å². The summed E-state index contributed by atoms with van der Waals surface area (Å²) < 4.78 is 12.7. The van der Waals surface area contributed by atoms with Crippen molar-refractivity contribution in [2.24, 2.45) is 23.7 Å². The smallest absolute Gasteiger partial charge is 0.304 e. The van der Waals surface area contributed by atoms with Gasteiger partial charge in [0.2, 0.25) is 5.79 Å². The summed E-state index contributed by atoms with van der Waals surface area (Å²) >= 11 is 1.59. The summed E-state index contributed by atoms with van der Waals surface area (Å²) in [6.07, 6.45) is 3.79. The third-order valence-electron chi connectivity index (χ3n) is 6.70. The summed E-state index contributed by atoms with van der Waals surface area (Å²) in [6, 6.07) is 0. The maximum Gasteiger partial charge on any atom is 0.304 e. The molecule has 0 aromatic carbocycles. The number of hydrogen-bond donors (Lipinski definition) is 1. The zero-order chi connectivity index (χ0) is 17.8. The van der Waals surface area contributed by atoms with E-state index >= 15 is 0 Å². The van der Waals surface area contributed by atoms with Crippen LogP contribution in [0.5, 0.6) is 0 Å².